The SMILES string of the molecule is C/C=C/C(C)=O.NC1(F)CCNC1. The number of halogens is 1. The van der Waals surface area contributed by atoms with Gasteiger partial charge in [-0.1, -0.05) is 6.08 Å². The number of allylic oxidation sites excluding steroid dienone is 2. The molecule has 0 aromatic carbocycles. The molecule has 0 spiro atoms. The fraction of sp³-hybridized carbons (Fsp3) is 0.667. The van der Waals surface area contributed by atoms with E-state index in [0.717, 1.165) is 0 Å². The first kappa shape index (κ1) is 12.3. The Hall–Kier alpha value is -0.740. The first-order valence-corrected chi connectivity index (χ1v) is 4.30. The smallest absolute Gasteiger partial charge is 0.172 e. The molecule has 1 atom stereocenters. The molecular formula is C9H17FN2O. The minimum absolute atomic E-state index is 0.109. The summed E-state index contributed by atoms with van der Waals surface area (Å²) in [5.74, 6) is -1.31. The number of hydrogen-bond donors (Lipinski definition) is 2. The van der Waals surface area contributed by atoms with E-state index in [0.29, 0.717) is 19.5 Å². The summed E-state index contributed by atoms with van der Waals surface area (Å²) in [4.78, 5) is 9.96. The van der Waals surface area contributed by atoms with Gasteiger partial charge >= 0.3 is 0 Å². The van der Waals surface area contributed by atoms with Crippen molar-refractivity contribution in [2.24, 2.45) is 5.73 Å². The molecule has 0 aromatic rings. The molecule has 1 rings (SSSR count). The Kier molecular flexibility index (Phi) is 5.50. The summed E-state index contributed by atoms with van der Waals surface area (Å²) >= 11 is 0. The molecule has 1 heterocycles. The standard InChI is InChI=1S/C5H8O.C4H9FN2/c1-3-4-5(2)6;5-4(6)1-2-7-3-4/h3-4H,1-2H3;7H,1-3,6H2/b4-3+;. The van der Waals surface area contributed by atoms with Gasteiger partial charge in [0.25, 0.3) is 0 Å². The van der Waals surface area contributed by atoms with Crippen molar-refractivity contribution >= 4 is 5.78 Å². The molecule has 0 aromatic heterocycles. The van der Waals surface area contributed by atoms with Crippen molar-refractivity contribution in [1.82, 2.24) is 5.32 Å². The zero-order valence-corrected chi connectivity index (χ0v) is 8.14. The highest BCUT2D eigenvalue weighted by Crippen LogP contribution is 2.10. The number of ketones is 1. The highest BCUT2D eigenvalue weighted by molar-refractivity contribution is 5.87. The average molecular weight is 188 g/mol. The summed E-state index contributed by atoms with van der Waals surface area (Å²) in [6.45, 7) is 4.38. The predicted octanol–water partition coefficient (Wildman–Crippen LogP) is 0.756. The third-order valence-corrected chi connectivity index (χ3v) is 1.54. The van der Waals surface area contributed by atoms with Crippen LogP contribution in [0.5, 0.6) is 0 Å². The van der Waals surface area contributed by atoms with Crippen LogP contribution in [0.4, 0.5) is 4.39 Å². The van der Waals surface area contributed by atoms with Crippen molar-refractivity contribution in [1.29, 1.82) is 0 Å². The van der Waals surface area contributed by atoms with Gasteiger partial charge in [0.15, 0.2) is 11.6 Å². The molecule has 0 saturated carbocycles. The fourth-order valence-electron chi connectivity index (χ4n) is 0.915. The molecule has 0 radical (unpaired) electrons. The normalized spacial score (nSPS) is 27.1. The van der Waals surface area contributed by atoms with Crippen molar-refractivity contribution in [3.63, 3.8) is 0 Å². The van der Waals surface area contributed by atoms with Crippen LogP contribution in [0.15, 0.2) is 12.2 Å². The minimum Gasteiger partial charge on any atom is -0.312 e. The highest BCUT2D eigenvalue weighted by Gasteiger charge is 2.27. The van der Waals surface area contributed by atoms with Crippen LogP contribution in [0.2, 0.25) is 0 Å². The number of nitrogens with one attached hydrogen (secondary N) is 1. The van der Waals surface area contributed by atoms with Crippen molar-refractivity contribution in [2.45, 2.75) is 26.1 Å². The second-order valence-corrected chi connectivity index (χ2v) is 3.07. The van der Waals surface area contributed by atoms with E-state index >= 15 is 0 Å². The van der Waals surface area contributed by atoms with Gasteiger partial charge in [-0.2, -0.15) is 0 Å². The van der Waals surface area contributed by atoms with Crippen LogP contribution in [0, 0.1) is 0 Å². The Morgan fingerprint density at radius 1 is 1.69 bits per heavy atom. The summed E-state index contributed by atoms with van der Waals surface area (Å²) in [5, 5.41) is 2.81. The molecule has 1 unspecified atom stereocenters. The lowest BCUT2D eigenvalue weighted by molar-refractivity contribution is -0.112. The lowest BCUT2D eigenvalue weighted by Gasteiger charge is -2.07. The maximum atomic E-state index is 12.3. The predicted molar refractivity (Wildman–Crippen MR) is 51.0 cm³/mol. The highest BCUT2D eigenvalue weighted by atomic mass is 19.1. The van der Waals surface area contributed by atoms with Gasteiger partial charge in [0, 0.05) is 13.0 Å². The van der Waals surface area contributed by atoms with Crippen LogP contribution in [0.25, 0.3) is 0 Å². The van der Waals surface area contributed by atoms with Crippen LogP contribution in [0.3, 0.4) is 0 Å². The van der Waals surface area contributed by atoms with E-state index in [1.54, 1.807) is 6.08 Å². The zero-order valence-electron chi connectivity index (χ0n) is 8.14. The fourth-order valence-corrected chi connectivity index (χ4v) is 0.915. The Morgan fingerprint density at radius 3 is 2.38 bits per heavy atom. The third kappa shape index (κ3) is 7.62. The summed E-state index contributed by atoms with van der Waals surface area (Å²) in [6.07, 6.45) is 3.70. The van der Waals surface area contributed by atoms with Gasteiger partial charge in [-0.3, -0.25) is 10.5 Å². The van der Waals surface area contributed by atoms with Gasteiger partial charge in [0.1, 0.15) is 0 Å². The monoisotopic (exact) mass is 188 g/mol. The van der Waals surface area contributed by atoms with Gasteiger partial charge in [0.05, 0.1) is 0 Å². The van der Waals surface area contributed by atoms with E-state index in [4.69, 9.17) is 5.73 Å². The first-order valence-electron chi connectivity index (χ1n) is 4.30. The van der Waals surface area contributed by atoms with Gasteiger partial charge in [-0.25, -0.2) is 4.39 Å². The summed E-state index contributed by atoms with van der Waals surface area (Å²) in [7, 11) is 0. The third-order valence-electron chi connectivity index (χ3n) is 1.54. The minimum atomic E-state index is -1.42. The molecule has 0 amide bonds. The Labute approximate surface area is 78.2 Å². The molecule has 4 heteroatoms. The molecule has 1 aliphatic heterocycles. The Bertz CT molecular complexity index is 182. The van der Waals surface area contributed by atoms with Gasteiger partial charge in [0.2, 0.25) is 0 Å². The quantitative estimate of drug-likeness (QED) is 0.472. The van der Waals surface area contributed by atoms with Crippen molar-refractivity contribution in [2.75, 3.05) is 13.1 Å². The van der Waals surface area contributed by atoms with Crippen LogP contribution >= 0.6 is 0 Å². The average Bonchev–Trinajstić information content (AvgIpc) is 2.35. The van der Waals surface area contributed by atoms with Crippen LogP contribution < -0.4 is 11.1 Å². The first-order chi connectivity index (χ1) is 5.98. The second-order valence-electron chi connectivity index (χ2n) is 3.07. The molecule has 76 valence electrons. The number of hydrogen-bond acceptors (Lipinski definition) is 3. The number of nitrogens with two attached hydrogens (primary N) is 1. The maximum Gasteiger partial charge on any atom is 0.172 e. The Morgan fingerprint density at radius 2 is 2.31 bits per heavy atom. The van der Waals surface area contributed by atoms with E-state index in [1.165, 1.54) is 13.0 Å². The topological polar surface area (TPSA) is 55.1 Å². The zero-order chi connectivity index (χ0) is 10.3. The van der Waals surface area contributed by atoms with Crippen LogP contribution in [-0.2, 0) is 4.79 Å². The molecule has 3 N–H and O–H groups in total. The molecule has 0 bridgehead atoms. The second kappa shape index (κ2) is 5.83. The lowest BCUT2D eigenvalue weighted by Crippen LogP contribution is -2.36. The molecule has 1 saturated heterocycles. The molecular weight excluding hydrogens is 171 g/mol. The largest absolute Gasteiger partial charge is 0.312 e. The van der Waals surface area contributed by atoms with Crippen molar-refractivity contribution in [3.05, 3.63) is 12.2 Å². The number of alkyl halides is 1. The van der Waals surface area contributed by atoms with Gasteiger partial charge in [-0.15, -0.1) is 0 Å². The number of carbonyl (C=O) groups excluding carboxylic acids is 1. The van der Waals surface area contributed by atoms with E-state index < -0.39 is 5.79 Å². The summed E-state index contributed by atoms with van der Waals surface area (Å²) in [6, 6.07) is 0. The number of carbonyl (C=O) groups is 1. The van der Waals surface area contributed by atoms with Crippen LogP contribution in [0.1, 0.15) is 20.3 Å². The van der Waals surface area contributed by atoms with Crippen molar-refractivity contribution in [3.8, 4) is 0 Å². The van der Waals surface area contributed by atoms with Crippen LogP contribution in [-0.4, -0.2) is 24.7 Å². The van der Waals surface area contributed by atoms with Gasteiger partial charge in [-0.05, 0) is 26.5 Å². The summed E-state index contributed by atoms with van der Waals surface area (Å²) in [5.41, 5.74) is 5.05. The Balaban J connectivity index is 0.000000226. The molecule has 13 heavy (non-hydrogen) atoms. The van der Waals surface area contributed by atoms with E-state index in [2.05, 4.69) is 5.32 Å². The number of rotatable bonds is 1. The summed E-state index contributed by atoms with van der Waals surface area (Å²) < 4.78 is 12.3. The van der Waals surface area contributed by atoms with E-state index in [1.807, 2.05) is 6.92 Å². The molecule has 1 aliphatic rings. The van der Waals surface area contributed by atoms with E-state index in [-0.39, 0.29) is 5.78 Å². The molecule has 3 nitrogen and oxygen atoms in total. The molecule has 0 aliphatic carbocycles. The molecule has 1 fully saturated rings. The van der Waals surface area contributed by atoms with Crippen molar-refractivity contribution < 1.29 is 9.18 Å². The van der Waals surface area contributed by atoms with E-state index in [9.17, 15) is 9.18 Å². The lowest BCUT2D eigenvalue weighted by atomic mass is 10.2. The maximum absolute atomic E-state index is 12.3. The van der Waals surface area contributed by atoms with Gasteiger partial charge < -0.3 is 5.32 Å².